The molecule has 10 heavy (non-hydrogen) atoms. The largest absolute Gasteiger partial charge is 0.326 e. The van der Waals surface area contributed by atoms with Crippen molar-refractivity contribution in [3.05, 3.63) is 34.6 Å². The van der Waals surface area contributed by atoms with Gasteiger partial charge in [-0.25, -0.2) is 4.39 Å². The highest BCUT2D eigenvalue weighted by atomic mass is 35.5. The number of hydrogen-bond acceptors (Lipinski definition) is 1. The van der Waals surface area contributed by atoms with Crippen molar-refractivity contribution in [2.45, 2.75) is 6.54 Å². The minimum atomic E-state index is -0.426. The summed E-state index contributed by atoms with van der Waals surface area (Å²) in [5.41, 5.74) is 5.86. The van der Waals surface area contributed by atoms with Gasteiger partial charge < -0.3 is 5.73 Å². The highest BCUT2D eigenvalue weighted by Gasteiger charge is 1.98. The zero-order valence-corrected chi connectivity index (χ0v) is 5.95. The molecule has 53 valence electrons. The van der Waals surface area contributed by atoms with Crippen LogP contribution in [0.15, 0.2) is 12.1 Å². The van der Waals surface area contributed by atoms with Gasteiger partial charge in [-0.05, 0) is 17.7 Å². The maximum absolute atomic E-state index is 12.4. The van der Waals surface area contributed by atoms with Crippen LogP contribution in [0.1, 0.15) is 5.56 Å². The third kappa shape index (κ3) is 1.46. The maximum atomic E-state index is 12.4. The molecule has 3 heteroatoms. The number of nitrogens with two attached hydrogens (primary N) is 1. The standard InChI is InChI=1S/C7H6ClFN/c8-7-2-1-6(9)3-5(7)4-10/h2-3H,4,10H2. The van der Waals surface area contributed by atoms with Crippen LogP contribution in [0.25, 0.3) is 0 Å². The molecule has 0 aliphatic heterocycles. The van der Waals surface area contributed by atoms with E-state index in [2.05, 4.69) is 6.07 Å². The van der Waals surface area contributed by atoms with E-state index in [1.54, 1.807) is 0 Å². The number of benzene rings is 1. The Labute approximate surface area is 63.6 Å². The SMILES string of the molecule is NCc1cc(F)[c]cc1Cl. The van der Waals surface area contributed by atoms with Crippen molar-refractivity contribution < 1.29 is 4.39 Å². The summed E-state index contributed by atoms with van der Waals surface area (Å²) in [7, 11) is 0. The maximum Gasteiger partial charge on any atom is 0.131 e. The van der Waals surface area contributed by atoms with Crippen molar-refractivity contribution in [1.82, 2.24) is 0 Å². The molecular formula is C7H6ClFN. The van der Waals surface area contributed by atoms with Crippen LogP contribution < -0.4 is 5.73 Å². The van der Waals surface area contributed by atoms with E-state index < -0.39 is 5.82 Å². The van der Waals surface area contributed by atoms with Gasteiger partial charge in [0.2, 0.25) is 0 Å². The molecule has 1 radical (unpaired) electrons. The summed E-state index contributed by atoms with van der Waals surface area (Å²) < 4.78 is 12.4. The van der Waals surface area contributed by atoms with Crippen molar-refractivity contribution in [3.63, 3.8) is 0 Å². The van der Waals surface area contributed by atoms with Gasteiger partial charge in [0.15, 0.2) is 0 Å². The fourth-order valence-corrected chi connectivity index (χ4v) is 0.831. The lowest BCUT2D eigenvalue weighted by molar-refractivity contribution is 0.623. The third-order valence-corrected chi connectivity index (χ3v) is 1.52. The van der Waals surface area contributed by atoms with E-state index in [0.717, 1.165) is 0 Å². The van der Waals surface area contributed by atoms with Crippen molar-refractivity contribution in [2.24, 2.45) is 5.73 Å². The Morgan fingerprint density at radius 3 is 2.90 bits per heavy atom. The van der Waals surface area contributed by atoms with Gasteiger partial charge in [0.25, 0.3) is 0 Å². The molecule has 0 saturated carbocycles. The molecule has 0 amide bonds. The van der Waals surface area contributed by atoms with Crippen LogP contribution in [0, 0.1) is 11.9 Å². The Kier molecular flexibility index (Phi) is 2.25. The van der Waals surface area contributed by atoms with Gasteiger partial charge in [0, 0.05) is 17.6 Å². The molecule has 2 N–H and O–H groups in total. The molecule has 0 spiro atoms. The van der Waals surface area contributed by atoms with Crippen LogP contribution in [0.2, 0.25) is 5.02 Å². The first-order chi connectivity index (χ1) is 4.74. The second-order valence-corrected chi connectivity index (χ2v) is 2.27. The average Bonchev–Trinajstić information content (AvgIpc) is 1.94. The smallest absolute Gasteiger partial charge is 0.131 e. The van der Waals surface area contributed by atoms with Crippen LogP contribution >= 0.6 is 11.6 Å². The normalized spacial score (nSPS) is 9.90. The van der Waals surface area contributed by atoms with E-state index in [9.17, 15) is 4.39 Å². The summed E-state index contributed by atoms with van der Waals surface area (Å²) in [5.74, 6) is -0.426. The van der Waals surface area contributed by atoms with Crippen molar-refractivity contribution >= 4 is 11.6 Å². The summed E-state index contributed by atoms with van der Waals surface area (Å²) in [4.78, 5) is 0. The van der Waals surface area contributed by atoms with Gasteiger partial charge >= 0.3 is 0 Å². The average molecular weight is 159 g/mol. The van der Waals surface area contributed by atoms with Gasteiger partial charge in [0.05, 0.1) is 0 Å². The Hall–Kier alpha value is -0.600. The first-order valence-electron chi connectivity index (χ1n) is 2.79. The van der Waals surface area contributed by atoms with E-state index >= 15 is 0 Å². The molecule has 0 unspecified atom stereocenters. The molecule has 0 atom stereocenters. The van der Waals surface area contributed by atoms with Crippen LogP contribution in [0.4, 0.5) is 4.39 Å². The molecule has 0 fully saturated rings. The number of hydrogen-bond donors (Lipinski definition) is 1. The molecule has 0 aromatic heterocycles. The highest BCUT2D eigenvalue weighted by molar-refractivity contribution is 6.31. The lowest BCUT2D eigenvalue weighted by atomic mass is 10.2. The first-order valence-corrected chi connectivity index (χ1v) is 3.17. The van der Waals surface area contributed by atoms with Crippen LogP contribution in [-0.2, 0) is 6.54 Å². The molecular weight excluding hydrogens is 153 g/mol. The first kappa shape index (κ1) is 7.51. The zero-order valence-electron chi connectivity index (χ0n) is 5.20. The Balaban J connectivity index is 3.09. The van der Waals surface area contributed by atoms with Gasteiger partial charge in [-0.15, -0.1) is 0 Å². The topological polar surface area (TPSA) is 26.0 Å². The number of halogens is 2. The molecule has 1 aromatic rings. The monoisotopic (exact) mass is 158 g/mol. The van der Waals surface area contributed by atoms with Crippen molar-refractivity contribution in [1.29, 1.82) is 0 Å². The van der Waals surface area contributed by atoms with Crippen LogP contribution in [0.5, 0.6) is 0 Å². The predicted octanol–water partition coefficient (Wildman–Crippen LogP) is 1.74. The fraction of sp³-hybridized carbons (Fsp3) is 0.143. The molecule has 0 bridgehead atoms. The third-order valence-electron chi connectivity index (χ3n) is 1.16. The van der Waals surface area contributed by atoms with E-state index in [0.29, 0.717) is 10.6 Å². The van der Waals surface area contributed by atoms with Crippen LogP contribution in [0.3, 0.4) is 0 Å². The molecule has 0 heterocycles. The predicted molar refractivity (Wildman–Crippen MR) is 38.1 cm³/mol. The summed E-state index contributed by atoms with van der Waals surface area (Å²) in [6.45, 7) is 0.254. The summed E-state index contributed by atoms with van der Waals surface area (Å²) in [6.07, 6.45) is 0. The lowest BCUT2D eigenvalue weighted by Gasteiger charge is -1.97. The molecule has 0 saturated heterocycles. The lowest BCUT2D eigenvalue weighted by Crippen LogP contribution is -1.97. The Morgan fingerprint density at radius 2 is 2.40 bits per heavy atom. The van der Waals surface area contributed by atoms with Crippen LogP contribution in [-0.4, -0.2) is 0 Å². The van der Waals surface area contributed by atoms with E-state index in [-0.39, 0.29) is 6.54 Å². The second-order valence-electron chi connectivity index (χ2n) is 1.86. The van der Waals surface area contributed by atoms with Gasteiger partial charge in [-0.3, -0.25) is 0 Å². The van der Waals surface area contributed by atoms with Gasteiger partial charge in [-0.1, -0.05) is 11.6 Å². The van der Waals surface area contributed by atoms with Gasteiger partial charge in [0.1, 0.15) is 5.82 Å². The summed E-state index contributed by atoms with van der Waals surface area (Å²) >= 11 is 5.62. The van der Waals surface area contributed by atoms with Crippen molar-refractivity contribution in [3.8, 4) is 0 Å². The molecule has 1 aromatic carbocycles. The Bertz CT molecular complexity index is 237. The molecule has 0 aliphatic carbocycles. The summed E-state index contributed by atoms with van der Waals surface area (Å²) in [6, 6.07) is 4.97. The highest BCUT2D eigenvalue weighted by Crippen LogP contribution is 2.15. The quantitative estimate of drug-likeness (QED) is 0.662. The zero-order chi connectivity index (χ0) is 7.56. The molecule has 0 aliphatic rings. The minimum absolute atomic E-state index is 0.254. The fourth-order valence-electron chi connectivity index (χ4n) is 0.645. The van der Waals surface area contributed by atoms with Crippen molar-refractivity contribution in [2.75, 3.05) is 0 Å². The Morgan fingerprint density at radius 1 is 1.70 bits per heavy atom. The van der Waals surface area contributed by atoms with E-state index in [4.69, 9.17) is 17.3 Å². The molecule has 1 rings (SSSR count). The summed E-state index contributed by atoms with van der Waals surface area (Å²) in [5, 5.41) is 0.462. The van der Waals surface area contributed by atoms with E-state index in [1.165, 1.54) is 12.1 Å². The number of rotatable bonds is 1. The molecule has 1 nitrogen and oxygen atoms in total. The van der Waals surface area contributed by atoms with E-state index in [1.807, 2.05) is 0 Å². The minimum Gasteiger partial charge on any atom is -0.326 e. The second kappa shape index (κ2) is 2.99. The van der Waals surface area contributed by atoms with Gasteiger partial charge in [-0.2, -0.15) is 0 Å².